The van der Waals surface area contributed by atoms with Crippen LogP contribution in [0.4, 0.5) is 0 Å². The zero-order chi connectivity index (χ0) is 7.90. The van der Waals surface area contributed by atoms with E-state index in [0.717, 1.165) is 19.4 Å². The van der Waals surface area contributed by atoms with Crippen molar-refractivity contribution in [3.63, 3.8) is 0 Å². The summed E-state index contributed by atoms with van der Waals surface area (Å²) in [6, 6.07) is 0.497. The minimum atomic E-state index is -0.719. The Kier molecular flexibility index (Phi) is 2.61. The Labute approximate surface area is 77.1 Å². The van der Waals surface area contributed by atoms with Crippen molar-refractivity contribution in [2.24, 2.45) is 0 Å². The normalized spacial score (nSPS) is 38.8. The van der Waals surface area contributed by atoms with Crippen LogP contribution in [0, 0.1) is 0 Å². The third-order valence-electron chi connectivity index (χ3n) is 2.71. The van der Waals surface area contributed by atoms with E-state index in [9.17, 15) is 4.79 Å². The fourth-order valence-electron chi connectivity index (χ4n) is 1.83. The van der Waals surface area contributed by atoms with Gasteiger partial charge < -0.3 is 10.4 Å². The third kappa shape index (κ3) is 1.30. The van der Waals surface area contributed by atoms with E-state index >= 15 is 0 Å². The molecule has 0 saturated carbocycles. The van der Waals surface area contributed by atoms with Gasteiger partial charge in [-0.25, -0.2) is 0 Å². The van der Waals surface area contributed by atoms with Crippen LogP contribution in [0.5, 0.6) is 0 Å². The van der Waals surface area contributed by atoms with E-state index in [4.69, 9.17) is 5.11 Å². The molecule has 70 valence electrons. The van der Waals surface area contributed by atoms with Crippen molar-refractivity contribution in [2.45, 2.75) is 24.4 Å². The lowest BCUT2D eigenvalue weighted by molar-refractivity contribution is -0.147. The van der Waals surface area contributed by atoms with Crippen LogP contribution in [0.3, 0.4) is 0 Å². The highest BCUT2D eigenvalue weighted by Crippen LogP contribution is 2.24. The summed E-state index contributed by atoms with van der Waals surface area (Å²) in [4.78, 5) is 10.8. The Morgan fingerprint density at radius 3 is 2.58 bits per heavy atom. The lowest BCUT2D eigenvalue weighted by Gasteiger charge is -2.44. The summed E-state index contributed by atoms with van der Waals surface area (Å²) in [6.07, 6.45) is 1.75. The van der Waals surface area contributed by atoms with E-state index in [2.05, 4.69) is 10.6 Å². The van der Waals surface area contributed by atoms with Crippen molar-refractivity contribution >= 4 is 18.4 Å². The van der Waals surface area contributed by atoms with Crippen LogP contribution >= 0.6 is 12.4 Å². The molecule has 3 fully saturated rings. The lowest BCUT2D eigenvalue weighted by Crippen LogP contribution is -2.70. The van der Waals surface area contributed by atoms with Crippen LogP contribution < -0.4 is 10.6 Å². The van der Waals surface area contributed by atoms with Crippen LogP contribution in [0.2, 0.25) is 0 Å². The second-order valence-electron chi connectivity index (χ2n) is 3.38. The zero-order valence-corrected chi connectivity index (χ0v) is 7.49. The van der Waals surface area contributed by atoms with Gasteiger partial charge in [-0.2, -0.15) is 0 Å². The molecule has 0 aromatic rings. The highest BCUT2D eigenvalue weighted by molar-refractivity contribution is 5.85. The molecule has 2 bridgehead atoms. The first-order valence-corrected chi connectivity index (χ1v) is 3.95. The largest absolute Gasteiger partial charge is 0.480 e. The van der Waals surface area contributed by atoms with Crippen molar-refractivity contribution in [3.8, 4) is 0 Å². The van der Waals surface area contributed by atoms with Crippen LogP contribution in [-0.4, -0.2) is 35.7 Å². The van der Waals surface area contributed by atoms with Gasteiger partial charge in [0.1, 0.15) is 5.54 Å². The van der Waals surface area contributed by atoms with Gasteiger partial charge in [-0.3, -0.25) is 10.1 Å². The molecule has 0 radical (unpaired) electrons. The second kappa shape index (κ2) is 3.20. The zero-order valence-electron chi connectivity index (χ0n) is 6.67. The number of hydrogen-bond acceptors (Lipinski definition) is 3. The number of carboxylic acids is 1. The Morgan fingerprint density at radius 2 is 2.33 bits per heavy atom. The van der Waals surface area contributed by atoms with Gasteiger partial charge >= 0.3 is 5.97 Å². The van der Waals surface area contributed by atoms with Gasteiger partial charge in [-0.05, 0) is 12.8 Å². The summed E-state index contributed by atoms with van der Waals surface area (Å²) < 4.78 is 0. The standard InChI is InChI=1S/C7H12N2O2.ClH/c10-6(11)7-2-1-5(3-9-7)8-4-7;/h5,8-9H,1-4H2,(H,10,11);1H. The molecule has 3 rings (SSSR count). The van der Waals surface area contributed by atoms with E-state index in [0.29, 0.717) is 12.6 Å². The lowest BCUT2D eigenvalue weighted by atomic mass is 9.82. The minimum Gasteiger partial charge on any atom is -0.480 e. The molecule has 2 atom stereocenters. The maximum absolute atomic E-state index is 10.8. The van der Waals surface area contributed by atoms with E-state index < -0.39 is 11.5 Å². The number of halogens is 1. The van der Waals surface area contributed by atoms with E-state index in [1.165, 1.54) is 0 Å². The summed E-state index contributed by atoms with van der Waals surface area (Å²) >= 11 is 0. The molecule has 3 N–H and O–H groups in total. The van der Waals surface area contributed by atoms with Crippen molar-refractivity contribution in [1.29, 1.82) is 0 Å². The smallest absolute Gasteiger partial charge is 0.325 e. The molecule has 3 heterocycles. The van der Waals surface area contributed by atoms with Crippen molar-refractivity contribution in [1.82, 2.24) is 10.6 Å². The Hall–Kier alpha value is -0.320. The quantitative estimate of drug-likeness (QED) is 0.529. The molecule has 3 saturated heterocycles. The number of rotatable bonds is 1. The average Bonchev–Trinajstić information content (AvgIpc) is 2.08. The van der Waals surface area contributed by atoms with Crippen molar-refractivity contribution < 1.29 is 9.90 Å². The number of aliphatic carboxylic acids is 1. The second-order valence-corrected chi connectivity index (χ2v) is 3.38. The number of hydrogen-bond donors (Lipinski definition) is 3. The van der Waals surface area contributed by atoms with Crippen LogP contribution in [0.1, 0.15) is 12.8 Å². The molecule has 3 aliphatic heterocycles. The molecule has 0 aromatic carbocycles. The van der Waals surface area contributed by atoms with Crippen LogP contribution in [-0.2, 0) is 4.79 Å². The van der Waals surface area contributed by atoms with Gasteiger partial charge in [0.25, 0.3) is 0 Å². The maximum Gasteiger partial charge on any atom is 0.325 e. The summed E-state index contributed by atoms with van der Waals surface area (Å²) in [7, 11) is 0. The van der Waals surface area contributed by atoms with Gasteiger partial charge in [0.05, 0.1) is 0 Å². The molecular weight excluding hydrogens is 180 g/mol. The SMILES string of the molecule is Cl.O=C(O)C12CCC(CN1)NC2. The molecule has 0 spiro atoms. The minimum absolute atomic E-state index is 0. The van der Waals surface area contributed by atoms with Gasteiger partial charge in [0, 0.05) is 19.1 Å². The monoisotopic (exact) mass is 192 g/mol. The van der Waals surface area contributed by atoms with Gasteiger partial charge in [0.15, 0.2) is 0 Å². The molecule has 0 aromatic heterocycles. The Bertz CT molecular complexity index is 176. The van der Waals surface area contributed by atoms with Crippen LogP contribution in [0.15, 0.2) is 0 Å². The predicted octanol–water partition coefficient (Wildman–Crippen LogP) is -0.413. The first-order valence-electron chi connectivity index (χ1n) is 3.95. The third-order valence-corrected chi connectivity index (χ3v) is 2.71. The van der Waals surface area contributed by atoms with Gasteiger partial charge in [-0.15, -0.1) is 12.4 Å². The fourth-order valence-corrected chi connectivity index (χ4v) is 1.83. The topological polar surface area (TPSA) is 61.4 Å². The number of piperidine rings is 2. The summed E-state index contributed by atoms with van der Waals surface area (Å²) in [5, 5.41) is 15.2. The summed E-state index contributed by atoms with van der Waals surface area (Å²) in [5.74, 6) is -0.719. The summed E-state index contributed by atoms with van der Waals surface area (Å²) in [6.45, 7) is 1.37. The predicted molar refractivity (Wildman–Crippen MR) is 46.6 cm³/mol. The highest BCUT2D eigenvalue weighted by atomic mass is 35.5. The van der Waals surface area contributed by atoms with Crippen LogP contribution in [0.25, 0.3) is 0 Å². The number of fused-ring (bicyclic) bond motifs is 3. The highest BCUT2D eigenvalue weighted by Gasteiger charge is 2.45. The van der Waals surface area contributed by atoms with E-state index in [1.807, 2.05) is 0 Å². The molecule has 4 nitrogen and oxygen atoms in total. The first kappa shape index (κ1) is 9.77. The Balaban J connectivity index is 0.000000720. The number of carboxylic acid groups (broad SMARTS) is 1. The molecule has 12 heavy (non-hydrogen) atoms. The molecule has 5 heteroatoms. The average molecular weight is 193 g/mol. The summed E-state index contributed by atoms with van der Waals surface area (Å²) in [5.41, 5.74) is -0.658. The molecule has 3 aliphatic rings. The van der Waals surface area contributed by atoms with Crippen molar-refractivity contribution in [3.05, 3.63) is 0 Å². The number of carbonyl (C=O) groups is 1. The van der Waals surface area contributed by atoms with Gasteiger partial charge in [-0.1, -0.05) is 0 Å². The first-order chi connectivity index (χ1) is 5.23. The molecule has 0 aliphatic carbocycles. The Morgan fingerprint density at radius 1 is 1.58 bits per heavy atom. The maximum atomic E-state index is 10.8. The molecular formula is C7H13ClN2O2. The van der Waals surface area contributed by atoms with E-state index in [1.54, 1.807) is 0 Å². The molecule has 2 unspecified atom stereocenters. The number of nitrogens with one attached hydrogen (secondary N) is 2. The molecule has 0 amide bonds. The van der Waals surface area contributed by atoms with E-state index in [-0.39, 0.29) is 12.4 Å². The number of piperazine rings is 1. The fraction of sp³-hybridized carbons (Fsp3) is 0.857. The van der Waals surface area contributed by atoms with Gasteiger partial charge in [0.2, 0.25) is 0 Å². The van der Waals surface area contributed by atoms with Crippen molar-refractivity contribution in [2.75, 3.05) is 13.1 Å².